The summed E-state index contributed by atoms with van der Waals surface area (Å²) in [6.45, 7) is 10.3. The molecule has 0 aromatic carbocycles. The lowest BCUT2D eigenvalue weighted by Gasteiger charge is -2.14. The highest BCUT2D eigenvalue weighted by atomic mass is 16.1. The zero-order chi connectivity index (χ0) is 14.5. The molecule has 0 aliphatic rings. The minimum absolute atomic E-state index is 0.163. The number of amides is 1. The zero-order valence-corrected chi connectivity index (χ0v) is 13.4. The fourth-order valence-corrected chi connectivity index (χ4v) is 1.99. The first-order valence-electron chi connectivity index (χ1n) is 8.06. The molecule has 3 heteroatoms. The van der Waals surface area contributed by atoms with Gasteiger partial charge in [0.25, 0.3) is 0 Å². The molecule has 19 heavy (non-hydrogen) atoms. The second-order valence-corrected chi connectivity index (χ2v) is 6.01. The van der Waals surface area contributed by atoms with E-state index in [1.165, 1.54) is 38.5 Å². The van der Waals surface area contributed by atoms with Gasteiger partial charge in [0, 0.05) is 25.6 Å². The molecule has 0 aromatic heterocycles. The Morgan fingerprint density at radius 2 is 1.74 bits per heavy atom. The van der Waals surface area contributed by atoms with Gasteiger partial charge in [-0.2, -0.15) is 0 Å². The molecule has 0 radical (unpaired) electrons. The topological polar surface area (TPSA) is 41.1 Å². The first kappa shape index (κ1) is 18.4. The maximum atomic E-state index is 11.5. The van der Waals surface area contributed by atoms with Gasteiger partial charge in [0.1, 0.15) is 0 Å². The fraction of sp³-hybridized carbons (Fsp3) is 0.938. The smallest absolute Gasteiger partial charge is 0.221 e. The second-order valence-electron chi connectivity index (χ2n) is 6.01. The van der Waals surface area contributed by atoms with Crippen molar-refractivity contribution in [3.8, 4) is 0 Å². The monoisotopic (exact) mass is 270 g/mol. The van der Waals surface area contributed by atoms with Gasteiger partial charge in [-0.25, -0.2) is 0 Å². The van der Waals surface area contributed by atoms with Gasteiger partial charge in [-0.15, -0.1) is 0 Å². The Hall–Kier alpha value is -0.570. The predicted molar refractivity (Wildman–Crippen MR) is 83.3 cm³/mol. The van der Waals surface area contributed by atoms with Crippen LogP contribution in [0.2, 0.25) is 0 Å². The van der Waals surface area contributed by atoms with Crippen LogP contribution in [0, 0.1) is 5.92 Å². The number of unbranched alkanes of at least 4 members (excludes halogenated alkanes) is 4. The highest BCUT2D eigenvalue weighted by Crippen LogP contribution is 2.06. The Labute approximate surface area is 119 Å². The lowest BCUT2D eigenvalue weighted by molar-refractivity contribution is -0.121. The van der Waals surface area contributed by atoms with Crippen molar-refractivity contribution >= 4 is 5.91 Å². The molecule has 0 saturated heterocycles. The van der Waals surface area contributed by atoms with Crippen molar-refractivity contribution < 1.29 is 4.79 Å². The van der Waals surface area contributed by atoms with Crippen LogP contribution in [0.5, 0.6) is 0 Å². The van der Waals surface area contributed by atoms with E-state index in [-0.39, 0.29) is 5.91 Å². The van der Waals surface area contributed by atoms with Crippen LogP contribution in [0.1, 0.15) is 72.6 Å². The minimum atomic E-state index is 0.163. The van der Waals surface area contributed by atoms with Crippen LogP contribution < -0.4 is 10.6 Å². The van der Waals surface area contributed by atoms with Gasteiger partial charge in [-0.1, -0.05) is 52.9 Å². The Morgan fingerprint density at radius 1 is 1.05 bits per heavy atom. The van der Waals surface area contributed by atoms with Crippen LogP contribution in [-0.2, 0) is 4.79 Å². The van der Waals surface area contributed by atoms with Crippen LogP contribution in [0.15, 0.2) is 0 Å². The third kappa shape index (κ3) is 13.7. The Morgan fingerprint density at radius 3 is 2.37 bits per heavy atom. The summed E-state index contributed by atoms with van der Waals surface area (Å²) < 4.78 is 0. The van der Waals surface area contributed by atoms with E-state index in [0.717, 1.165) is 13.1 Å². The normalized spacial score (nSPS) is 12.7. The molecule has 3 nitrogen and oxygen atoms in total. The highest BCUT2D eigenvalue weighted by Gasteiger charge is 2.04. The summed E-state index contributed by atoms with van der Waals surface area (Å²) in [6, 6.07) is 0.527. The molecule has 0 aliphatic carbocycles. The van der Waals surface area contributed by atoms with Gasteiger partial charge >= 0.3 is 0 Å². The Bertz CT molecular complexity index is 217. The number of rotatable bonds is 12. The Kier molecular flexibility index (Phi) is 12.1. The second kappa shape index (κ2) is 12.5. The van der Waals surface area contributed by atoms with Gasteiger partial charge < -0.3 is 10.6 Å². The summed E-state index contributed by atoms with van der Waals surface area (Å²) in [5.41, 5.74) is 0. The van der Waals surface area contributed by atoms with Gasteiger partial charge in [-0.3, -0.25) is 4.79 Å². The molecule has 114 valence electrons. The number of carbonyl (C=O) groups is 1. The van der Waals surface area contributed by atoms with E-state index in [9.17, 15) is 4.79 Å². The molecule has 0 heterocycles. The molecule has 0 rings (SSSR count). The van der Waals surface area contributed by atoms with E-state index in [0.29, 0.717) is 18.4 Å². The van der Waals surface area contributed by atoms with Gasteiger partial charge in [-0.05, 0) is 19.3 Å². The quantitative estimate of drug-likeness (QED) is 0.533. The largest absolute Gasteiger partial charge is 0.356 e. The molecule has 0 fully saturated rings. The highest BCUT2D eigenvalue weighted by molar-refractivity contribution is 5.76. The van der Waals surface area contributed by atoms with Crippen LogP contribution in [-0.4, -0.2) is 25.0 Å². The predicted octanol–water partition coefficient (Wildman–Crippen LogP) is 3.49. The maximum Gasteiger partial charge on any atom is 0.221 e. The third-order valence-corrected chi connectivity index (χ3v) is 3.29. The van der Waals surface area contributed by atoms with E-state index in [4.69, 9.17) is 0 Å². The van der Waals surface area contributed by atoms with Crippen molar-refractivity contribution in [1.82, 2.24) is 10.6 Å². The molecular weight excluding hydrogens is 236 g/mol. The first-order valence-corrected chi connectivity index (χ1v) is 8.06. The molecule has 2 N–H and O–H groups in total. The molecule has 0 aromatic rings. The molecule has 0 bridgehead atoms. The number of hydrogen-bond donors (Lipinski definition) is 2. The SMILES string of the molecule is CCCCCCCC(C)NCCC(=O)NCC(C)C. The molecular formula is C16H34N2O. The average molecular weight is 270 g/mol. The molecule has 1 unspecified atom stereocenters. The Balaban J connectivity index is 3.37. The third-order valence-electron chi connectivity index (χ3n) is 3.29. The van der Waals surface area contributed by atoms with E-state index < -0.39 is 0 Å². The van der Waals surface area contributed by atoms with Crippen molar-refractivity contribution in [3.63, 3.8) is 0 Å². The average Bonchev–Trinajstić information content (AvgIpc) is 2.36. The van der Waals surface area contributed by atoms with Crippen LogP contribution in [0.3, 0.4) is 0 Å². The molecule has 0 aliphatic heterocycles. The van der Waals surface area contributed by atoms with Crippen molar-refractivity contribution in [2.45, 2.75) is 78.7 Å². The van der Waals surface area contributed by atoms with Gasteiger partial charge in [0.05, 0.1) is 0 Å². The first-order chi connectivity index (χ1) is 9.06. The van der Waals surface area contributed by atoms with Crippen molar-refractivity contribution in [3.05, 3.63) is 0 Å². The van der Waals surface area contributed by atoms with E-state index in [1.807, 2.05) is 0 Å². The number of hydrogen-bond acceptors (Lipinski definition) is 2. The zero-order valence-electron chi connectivity index (χ0n) is 13.4. The summed E-state index contributed by atoms with van der Waals surface area (Å²) in [5, 5.41) is 6.37. The summed E-state index contributed by atoms with van der Waals surface area (Å²) in [7, 11) is 0. The fourth-order valence-electron chi connectivity index (χ4n) is 1.99. The van der Waals surface area contributed by atoms with E-state index in [1.54, 1.807) is 0 Å². The summed E-state index contributed by atoms with van der Waals surface area (Å²) in [4.78, 5) is 11.5. The molecule has 1 atom stereocenters. The van der Waals surface area contributed by atoms with Crippen LogP contribution in [0.25, 0.3) is 0 Å². The van der Waals surface area contributed by atoms with E-state index >= 15 is 0 Å². The van der Waals surface area contributed by atoms with E-state index in [2.05, 4.69) is 38.3 Å². The summed E-state index contributed by atoms with van der Waals surface area (Å²) >= 11 is 0. The summed E-state index contributed by atoms with van der Waals surface area (Å²) in [6.07, 6.45) is 8.48. The van der Waals surface area contributed by atoms with Crippen molar-refractivity contribution in [2.24, 2.45) is 5.92 Å². The molecule has 0 spiro atoms. The lowest BCUT2D eigenvalue weighted by atomic mass is 10.1. The standard InChI is InChI=1S/C16H34N2O/c1-5-6-7-8-9-10-15(4)17-12-11-16(19)18-13-14(2)3/h14-15,17H,5-13H2,1-4H3,(H,18,19). The maximum absolute atomic E-state index is 11.5. The number of carbonyl (C=O) groups excluding carboxylic acids is 1. The van der Waals surface area contributed by atoms with Gasteiger partial charge in [0.2, 0.25) is 5.91 Å². The number of nitrogens with one attached hydrogen (secondary N) is 2. The molecule has 1 amide bonds. The minimum Gasteiger partial charge on any atom is -0.356 e. The molecule has 0 saturated carbocycles. The van der Waals surface area contributed by atoms with Crippen LogP contribution in [0.4, 0.5) is 0 Å². The van der Waals surface area contributed by atoms with Crippen molar-refractivity contribution in [1.29, 1.82) is 0 Å². The van der Waals surface area contributed by atoms with Gasteiger partial charge in [0.15, 0.2) is 0 Å². The van der Waals surface area contributed by atoms with Crippen molar-refractivity contribution in [2.75, 3.05) is 13.1 Å². The van der Waals surface area contributed by atoms with Crippen LogP contribution >= 0.6 is 0 Å². The summed E-state index contributed by atoms with van der Waals surface area (Å²) in [5.74, 6) is 0.690. The lowest BCUT2D eigenvalue weighted by Crippen LogP contribution is -2.33.